The third-order valence-electron chi connectivity index (χ3n) is 7.03. The van der Waals surface area contributed by atoms with E-state index in [1.54, 1.807) is 30.9 Å². The van der Waals surface area contributed by atoms with Crippen LogP contribution in [0.3, 0.4) is 0 Å². The quantitative estimate of drug-likeness (QED) is 0.580. The molecule has 1 aliphatic carbocycles. The summed E-state index contributed by atoms with van der Waals surface area (Å²) in [6, 6.07) is 1.16. The van der Waals surface area contributed by atoms with E-state index in [1.165, 1.54) is 9.13 Å². The number of aromatic nitrogens is 5. The number of morpholine rings is 1. The highest BCUT2D eigenvalue weighted by Gasteiger charge is 2.37. The molecule has 0 N–H and O–H groups in total. The van der Waals surface area contributed by atoms with Crippen molar-refractivity contribution in [1.82, 2.24) is 23.9 Å². The Balaban J connectivity index is 1.63. The maximum atomic E-state index is 13.9. The average molecular weight is 475 g/mol. The summed E-state index contributed by atoms with van der Waals surface area (Å²) < 4.78 is 38.3. The van der Waals surface area contributed by atoms with E-state index in [0.29, 0.717) is 36.6 Å². The standard InChI is InChI=1S/C23H28F2N6O3/c1-14-27-20-17(21(32)29(14)3)10-18(22(33)31(20)16-4-6-23(24,25)7-5-16)30-8-9-34-19(13-30)15-11-26-28(2)12-15/h10-12,16,19H,4-9,13H2,1-3H3/t19-/m1/s1. The Hall–Kier alpha value is -3.08. The molecule has 182 valence electrons. The van der Waals surface area contributed by atoms with Crippen molar-refractivity contribution >= 4 is 16.7 Å². The molecule has 0 radical (unpaired) electrons. The highest BCUT2D eigenvalue weighted by atomic mass is 19.3. The predicted octanol–water partition coefficient (Wildman–Crippen LogP) is 2.47. The van der Waals surface area contributed by atoms with E-state index in [-0.39, 0.29) is 48.6 Å². The van der Waals surface area contributed by atoms with Crippen LogP contribution in [0, 0.1) is 6.92 Å². The third kappa shape index (κ3) is 3.91. The highest BCUT2D eigenvalue weighted by Crippen LogP contribution is 2.39. The molecule has 3 aromatic heterocycles. The molecule has 0 unspecified atom stereocenters. The van der Waals surface area contributed by atoms with E-state index in [0.717, 1.165) is 5.56 Å². The molecule has 0 bridgehead atoms. The molecule has 9 nitrogen and oxygen atoms in total. The lowest BCUT2D eigenvalue weighted by atomic mass is 9.92. The smallest absolute Gasteiger partial charge is 0.276 e. The number of hydrogen-bond acceptors (Lipinski definition) is 6. The zero-order chi connectivity index (χ0) is 24.2. The summed E-state index contributed by atoms with van der Waals surface area (Å²) >= 11 is 0. The Kier molecular flexibility index (Phi) is 5.54. The summed E-state index contributed by atoms with van der Waals surface area (Å²) in [5.74, 6) is -2.27. The molecule has 5 rings (SSSR count). The number of pyridine rings is 1. The van der Waals surface area contributed by atoms with E-state index in [4.69, 9.17) is 4.74 Å². The van der Waals surface area contributed by atoms with Crippen LogP contribution in [0.15, 0.2) is 28.0 Å². The molecule has 11 heteroatoms. The molecule has 34 heavy (non-hydrogen) atoms. The van der Waals surface area contributed by atoms with Gasteiger partial charge in [-0.1, -0.05) is 0 Å². The van der Waals surface area contributed by atoms with Crippen LogP contribution in [0.2, 0.25) is 0 Å². The van der Waals surface area contributed by atoms with Gasteiger partial charge in [0.2, 0.25) is 5.92 Å². The van der Waals surface area contributed by atoms with Crippen LogP contribution in [0.1, 0.15) is 49.2 Å². The van der Waals surface area contributed by atoms with E-state index >= 15 is 0 Å². The van der Waals surface area contributed by atoms with Gasteiger partial charge < -0.3 is 9.64 Å². The summed E-state index contributed by atoms with van der Waals surface area (Å²) in [5, 5.41) is 4.51. The molecule has 2 aliphatic rings. The van der Waals surface area contributed by atoms with Crippen molar-refractivity contribution < 1.29 is 13.5 Å². The number of alkyl halides is 2. The monoisotopic (exact) mass is 474 g/mol. The minimum Gasteiger partial charge on any atom is -0.370 e. The Labute approximate surface area is 194 Å². The van der Waals surface area contributed by atoms with Gasteiger partial charge in [-0.3, -0.25) is 23.4 Å². The van der Waals surface area contributed by atoms with Crippen LogP contribution in [0.4, 0.5) is 14.5 Å². The largest absolute Gasteiger partial charge is 0.370 e. The Morgan fingerprint density at radius 1 is 1.15 bits per heavy atom. The second kappa shape index (κ2) is 8.30. The van der Waals surface area contributed by atoms with Crippen LogP contribution in [0.25, 0.3) is 11.0 Å². The number of hydrogen-bond donors (Lipinski definition) is 0. The first-order chi connectivity index (χ1) is 16.1. The van der Waals surface area contributed by atoms with Crippen molar-refractivity contribution in [2.75, 3.05) is 24.6 Å². The first-order valence-corrected chi connectivity index (χ1v) is 11.5. The zero-order valence-corrected chi connectivity index (χ0v) is 19.5. The minimum atomic E-state index is -2.73. The number of rotatable bonds is 3. The molecule has 0 spiro atoms. The zero-order valence-electron chi connectivity index (χ0n) is 19.5. The summed E-state index contributed by atoms with van der Waals surface area (Å²) in [6.07, 6.45) is 3.06. The van der Waals surface area contributed by atoms with Crippen molar-refractivity contribution in [2.24, 2.45) is 14.1 Å². The van der Waals surface area contributed by atoms with Gasteiger partial charge in [0, 0.05) is 57.8 Å². The average Bonchev–Trinajstić information content (AvgIpc) is 3.24. The minimum absolute atomic E-state index is 0.156. The summed E-state index contributed by atoms with van der Waals surface area (Å²) in [5.41, 5.74) is 0.952. The van der Waals surface area contributed by atoms with Crippen LogP contribution >= 0.6 is 0 Å². The molecular formula is C23H28F2N6O3. The van der Waals surface area contributed by atoms with Gasteiger partial charge in [-0.15, -0.1) is 0 Å². The van der Waals surface area contributed by atoms with E-state index < -0.39 is 12.0 Å². The first kappa shape index (κ1) is 22.7. The molecular weight excluding hydrogens is 446 g/mol. The molecule has 3 aromatic rings. The lowest BCUT2D eigenvalue weighted by Crippen LogP contribution is -2.43. The number of halogens is 2. The van der Waals surface area contributed by atoms with Gasteiger partial charge in [-0.05, 0) is 25.8 Å². The van der Waals surface area contributed by atoms with Crippen molar-refractivity contribution in [3.8, 4) is 0 Å². The second-order valence-electron chi connectivity index (χ2n) is 9.31. The summed E-state index contributed by atoms with van der Waals surface area (Å²) in [7, 11) is 3.46. The van der Waals surface area contributed by atoms with Crippen molar-refractivity contribution in [2.45, 2.75) is 50.7 Å². The Bertz CT molecular complexity index is 1350. The number of anilines is 1. The second-order valence-corrected chi connectivity index (χ2v) is 9.31. The molecule has 1 saturated carbocycles. The predicted molar refractivity (Wildman–Crippen MR) is 123 cm³/mol. The summed E-state index contributed by atoms with van der Waals surface area (Å²) in [6.45, 7) is 2.98. The third-order valence-corrected chi connectivity index (χ3v) is 7.03. The molecule has 0 aromatic carbocycles. The van der Waals surface area contributed by atoms with Gasteiger partial charge >= 0.3 is 0 Å². The van der Waals surface area contributed by atoms with E-state index in [9.17, 15) is 18.4 Å². The van der Waals surface area contributed by atoms with Crippen molar-refractivity contribution in [3.05, 3.63) is 50.6 Å². The normalized spacial score (nSPS) is 21.3. The molecule has 4 heterocycles. The first-order valence-electron chi connectivity index (χ1n) is 11.5. The fourth-order valence-corrected chi connectivity index (χ4v) is 4.96. The lowest BCUT2D eigenvalue weighted by Gasteiger charge is -2.35. The molecule has 2 fully saturated rings. The van der Waals surface area contributed by atoms with Gasteiger partial charge in [-0.2, -0.15) is 5.10 Å². The van der Waals surface area contributed by atoms with E-state index in [2.05, 4.69) is 10.1 Å². The van der Waals surface area contributed by atoms with Crippen LogP contribution < -0.4 is 16.0 Å². The van der Waals surface area contributed by atoms with Crippen LogP contribution in [-0.2, 0) is 18.8 Å². The molecule has 0 amide bonds. The molecule has 1 aliphatic heterocycles. The van der Waals surface area contributed by atoms with Crippen molar-refractivity contribution in [1.29, 1.82) is 0 Å². The van der Waals surface area contributed by atoms with Crippen LogP contribution in [0.5, 0.6) is 0 Å². The fourth-order valence-electron chi connectivity index (χ4n) is 4.96. The van der Waals surface area contributed by atoms with Gasteiger partial charge in [0.25, 0.3) is 11.1 Å². The van der Waals surface area contributed by atoms with Gasteiger partial charge in [0.05, 0.1) is 18.2 Å². The van der Waals surface area contributed by atoms with Gasteiger partial charge in [0.15, 0.2) is 5.65 Å². The van der Waals surface area contributed by atoms with Gasteiger partial charge in [0.1, 0.15) is 17.6 Å². The highest BCUT2D eigenvalue weighted by molar-refractivity contribution is 5.78. The molecule has 1 saturated heterocycles. The number of ether oxygens (including phenoxy) is 1. The van der Waals surface area contributed by atoms with Crippen molar-refractivity contribution in [3.63, 3.8) is 0 Å². The van der Waals surface area contributed by atoms with Crippen LogP contribution in [-0.4, -0.2) is 49.5 Å². The number of aryl methyl sites for hydroxylation is 2. The maximum Gasteiger partial charge on any atom is 0.276 e. The molecule has 1 atom stereocenters. The topological polar surface area (TPSA) is 87.2 Å². The Morgan fingerprint density at radius 2 is 1.88 bits per heavy atom. The summed E-state index contributed by atoms with van der Waals surface area (Å²) in [4.78, 5) is 33.4. The Morgan fingerprint density at radius 3 is 2.56 bits per heavy atom. The SMILES string of the molecule is Cc1nc2c(cc(N3CCO[C@@H](c4cnn(C)c4)C3)c(=O)n2C2CCC(F)(F)CC2)c(=O)n1C. The van der Waals surface area contributed by atoms with Gasteiger partial charge in [-0.25, -0.2) is 13.8 Å². The maximum absolute atomic E-state index is 13.9. The number of fused-ring (bicyclic) bond motifs is 1. The lowest BCUT2D eigenvalue weighted by molar-refractivity contribution is -0.0439. The van der Waals surface area contributed by atoms with E-state index in [1.807, 2.05) is 18.1 Å². The fraction of sp³-hybridized carbons (Fsp3) is 0.565. The number of nitrogens with zero attached hydrogens (tertiary/aromatic N) is 6.